The average Bonchev–Trinajstić information content (AvgIpc) is 2.76. The van der Waals surface area contributed by atoms with Gasteiger partial charge in [0.2, 0.25) is 0 Å². The maximum absolute atomic E-state index is 14.8. The van der Waals surface area contributed by atoms with Crippen LogP contribution in [0.4, 0.5) is 4.39 Å². The van der Waals surface area contributed by atoms with Gasteiger partial charge in [0, 0.05) is 6.20 Å². The summed E-state index contributed by atoms with van der Waals surface area (Å²) in [7, 11) is 0. The fraction of sp³-hybridized carbons (Fsp3) is 0.538. The van der Waals surface area contributed by atoms with Crippen LogP contribution in [0.5, 0.6) is 0 Å². The summed E-state index contributed by atoms with van der Waals surface area (Å²) < 4.78 is 20.4. The Bertz CT molecular complexity index is 806. The van der Waals surface area contributed by atoms with Gasteiger partial charge in [-0.2, -0.15) is 0 Å². The van der Waals surface area contributed by atoms with Gasteiger partial charge in [-0.05, 0) is 29.8 Å². The number of aliphatic hydroxyl groups is 2. The fourth-order valence-electron chi connectivity index (χ4n) is 2.48. The van der Waals surface area contributed by atoms with Gasteiger partial charge in [-0.3, -0.25) is 23.9 Å². The number of hydrogen-bond donors (Lipinski definition) is 3. The van der Waals surface area contributed by atoms with Crippen LogP contribution in [0.3, 0.4) is 0 Å². The molecule has 0 aromatic carbocycles. The van der Waals surface area contributed by atoms with Crippen molar-refractivity contribution < 1.29 is 28.9 Å². The van der Waals surface area contributed by atoms with Crippen LogP contribution in [0.2, 0.25) is 0 Å². The summed E-state index contributed by atoms with van der Waals surface area (Å²) in [6.07, 6.45) is -7.28. The molecule has 2 rings (SSSR count). The molecule has 0 radical (unpaired) electrons. The van der Waals surface area contributed by atoms with Crippen molar-refractivity contribution in [1.29, 1.82) is 0 Å². The monoisotopic (exact) mass is 408 g/mol. The molecule has 132 valence electrons. The number of ketones is 2. The minimum atomic E-state index is -2.84. The first-order chi connectivity index (χ1) is 11.0. The van der Waals surface area contributed by atoms with Gasteiger partial charge < -0.3 is 14.9 Å². The maximum Gasteiger partial charge on any atom is 0.330 e. The van der Waals surface area contributed by atoms with Crippen molar-refractivity contribution in [3.8, 4) is 0 Å². The highest BCUT2D eigenvalue weighted by atomic mass is 79.9. The Kier molecular flexibility index (Phi) is 4.91. The quantitative estimate of drug-likeness (QED) is 0.568. The number of aliphatic hydroxyl groups excluding tert-OH is 1. The maximum atomic E-state index is 14.8. The summed E-state index contributed by atoms with van der Waals surface area (Å²) in [6.45, 7) is 1.83. The number of H-pyrrole nitrogens is 1. The summed E-state index contributed by atoms with van der Waals surface area (Å²) in [5.74, 6) is -1.94. The zero-order valence-electron chi connectivity index (χ0n) is 12.5. The second kappa shape index (κ2) is 6.31. The fourth-order valence-corrected chi connectivity index (χ4v) is 2.80. The van der Waals surface area contributed by atoms with E-state index in [9.17, 15) is 33.8 Å². The number of halogens is 2. The van der Waals surface area contributed by atoms with Gasteiger partial charge >= 0.3 is 5.69 Å². The molecule has 1 fully saturated rings. The Morgan fingerprint density at radius 1 is 1.46 bits per heavy atom. The Morgan fingerprint density at radius 2 is 2.04 bits per heavy atom. The number of aromatic amines is 1. The minimum absolute atomic E-state index is 0.125. The lowest BCUT2D eigenvalue weighted by molar-refractivity contribution is -0.160. The molecule has 1 aromatic rings. The second-order valence-corrected chi connectivity index (χ2v) is 6.28. The molecule has 24 heavy (non-hydrogen) atoms. The number of aromatic nitrogens is 2. The van der Waals surface area contributed by atoms with Crippen molar-refractivity contribution in [3.63, 3.8) is 0 Å². The smallest absolute Gasteiger partial charge is 0.330 e. The Labute approximate surface area is 142 Å². The summed E-state index contributed by atoms with van der Waals surface area (Å²) in [5.41, 5.74) is -4.66. The van der Waals surface area contributed by atoms with Crippen molar-refractivity contribution in [2.75, 3.05) is 0 Å². The first-order valence-electron chi connectivity index (χ1n) is 6.74. The van der Waals surface area contributed by atoms with Gasteiger partial charge in [-0.25, -0.2) is 9.18 Å². The molecule has 1 aromatic heterocycles. The largest absolute Gasteiger partial charge is 0.382 e. The number of rotatable bonds is 4. The number of nitrogens with one attached hydrogen (secondary N) is 1. The predicted molar refractivity (Wildman–Crippen MR) is 80.1 cm³/mol. The molecule has 9 nitrogen and oxygen atoms in total. The Morgan fingerprint density at radius 3 is 2.54 bits per heavy atom. The van der Waals surface area contributed by atoms with E-state index >= 15 is 0 Å². The minimum Gasteiger partial charge on any atom is -0.382 e. The molecule has 0 saturated carbocycles. The van der Waals surface area contributed by atoms with Crippen molar-refractivity contribution in [3.05, 3.63) is 31.5 Å². The van der Waals surface area contributed by atoms with Gasteiger partial charge in [0.1, 0.15) is 12.2 Å². The number of carbonyl (C=O) groups is 2. The third-order valence-electron chi connectivity index (χ3n) is 3.86. The van der Waals surface area contributed by atoms with E-state index < -0.39 is 53.0 Å². The predicted octanol–water partition coefficient (Wildman–Crippen LogP) is -1.20. The van der Waals surface area contributed by atoms with Gasteiger partial charge in [-0.15, -0.1) is 0 Å². The number of hydrogen-bond acceptors (Lipinski definition) is 7. The average molecular weight is 409 g/mol. The second-order valence-electron chi connectivity index (χ2n) is 5.43. The highest BCUT2D eigenvalue weighted by molar-refractivity contribution is 9.10. The summed E-state index contributed by atoms with van der Waals surface area (Å²) >= 11 is 2.86. The van der Waals surface area contributed by atoms with Crippen LogP contribution >= 0.6 is 15.9 Å². The molecule has 0 aliphatic carbocycles. The number of Topliss-reactive ketones (excluding diaryl/α,β-unsaturated/α-hetero) is 2. The lowest BCUT2D eigenvalue weighted by atomic mass is 9.85. The van der Waals surface area contributed by atoms with Crippen LogP contribution in [0.1, 0.15) is 20.1 Å². The topological polar surface area (TPSA) is 139 Å². The van der Waals surface area contributed by atoms with E-state index in [4.69, 9.17) is 4.74 Å². The van der Waals surface area contributed by atoms with Crippen LogP contribution < -0.4 is 11.2 Å². The molecule has 2 heterocycles. The Hall–Kier alpha value is -1.69. The van der Waals surface area contributed by atoms with E-state index in [0.717, 1.165) is 20.0 Å². The van der Waals surface area contributed by atoms with Gasteiger partial charge in [0.25, 0.3) is 5.56 Å². The molecule has 5 atom stereocenters. The summed E-state index contributed by atoms with van der Waals surface area (Å²) in [6, 6.07) is 0. The molecule has 3 N–H and O–H groups in total. The highest BCUT2D eigenvalue weighted by Crippen LogP contribution is 2.41. The van der Waals surface area contributed by atoms with Crippen LogP contribution in [0.25, 0.3) is 0 Å². The standard InChI is InChI=1S/C13H14BrFN2O7/c1-4(18)7(20)9-13(23,5(2)19)8(15)11(24-9)17-3-6(14)10(21)16-12(17)22/h3,7-9,11,20,23H,1-2H3,(H,16,21,22)/t7?,8-,9+,11+,13-/m0/s1. The highest BCUT2D eigenvalue weighted by Gasteiger charge is 2.63. The van der Waals surface area contributed by atoms with E-state index in [1.165, 1.54) is 0 Å². The van der Waals surface area contributed by atoms with E-state index in [2.05, 4.69) is 15.9 Å². The molecule has 1 saturated heterocycles. The van der Waals surface area contributed by atoms with Crippen molar-refractivity contribution in [2.24, 2.45) is 0 Å². The number of ether oxygens (including phenoxy) is 1. The number of nitrogens with zero attached hydrogens (tertiary/aromatic N) is 1. The van der Waals surface area contributed by atoms with E-state index in [1.807, 2.05) is 4.98 Å². The normalized spacial score (nSPS) is 31.0. The van der Waals surface area contributed by atoms with Gasteiger partial charge in [0.05, 0.1) is 4.47 Å². The van der Waals surface area contributed by atoms with Crippen LogP contribution in [-0.4, -0.2) is 55.3 Å². The number of carbonyl (C=O) groups excluding carboxylic acids is 2. The first-order valence-corrected chi connectivity index (χ1v) is 7.53. The molecule has 1 unspecified atom stereocenters. The molecule has 0 bridgehead atoms. The Balaban J connectivity index is 2.57. The molecule has 1 aliphatic heterocycles. The van der Waals surface area contributed by atoms with Crippen LogP contribution in [0.15, 0.2) is 20.3 Å². The van der Waals surface area contributed by atoms with Crippen molar-refractivity contribution >= 4 is 27.5 Å². The SMILES string of the molecule is CC(=O)C(O)[C@H]1O[C@@H](n2cc(Br)c(=O)[nH]c2=O)[C@H](F)[C@@]1(O)C(C)=O. The molecule has 1 aliphatic rings. The molecule has 11 heteroatoms. The molecule has 0 amide bonds. The zero-order valence-corrected chi connectivity index (χ0v) is 14.1. The van der Waals surface area contributed by atoms with Gasteiger partial charge in [0.15, 0.2) is 29.6 Å². The van der Waals surface area contributed by atoms with E-state index in [1.54, 1.807) is 0 Å². The first kappa shape index (κ1) is 18.6. The lowest BCUT2D eigenvalue weighted by Gasteiger charge is -2.28. The summed E-state index contributed by atoms with van der Waals surface area (Å²) in [4.78, 5) is 48.2. The number of alkyl halides is 1. The van der Waals surface area contributed by atoms with Crippen LogP contribution in [-0.2, 0) is 14.3 Å². The van der Waals surface area contributed by atoms with Crippen LogP contribution in [0, 0.1) is 0 Å². The molecular weight excluding hydrogens is 395 g/mol. The van der Waals surface area contributed by atoms with E-state index in [-0.39, 0.29) is 4.47 Å². The van der Waals surface area contributed by atoms with Crippen molar-refractivity contribution in [1.82, 2.24) is 9.55 Å². The summed E-state index contributed by atoms with van der Waals surface area (Å²) in [5, 5.41) is 20.3. The third kappa shape index (κ3) is 2.77. The molecular formula is C13H14BrFN2O7. The zero-order chi connectivity index (χ0) is 18.4. The van der Waals surface area contributed by atoms with Crippen molar-refractivity contribution in [2.45, 2.75) is 44.1 Å². The third-order valence-corrected chi connectivity index (χ3v) is 4.42. The van der Waals surface area contributed by atoms with Gasteiger partial charge in [-0.1, -0.05) is 0 Å². The van der Waals surface area contributed by atoms with E-state index in [0.29, 0.717) is 4.57 Å². The lowest BCUT2D eigenvalue weighted by Crippen LogP contribution is -2.57. The molecule has 0 spiro atoms.